The van der Waals surface area contributed by atoms with Crippen molar-refractivity contribution in [1.82, 2.24) is 9.21 Å². The van der Waals surface area contributed by atoms with E-state index in [1.807, 2.05) is 42.5 Å². The first-order valence-corrected chi connectivity index (χ1v) is 10.1. The maximum atomic E-state index is 12.6. The number of sulfonamides is 1. The summed E-state index contributed by atoms with van der Waals surface area (Å²) in [5, 5.41) is 9.28. The molecule has 1 N–H and O–H groups in total. The summed E-state index contributed by atoms with van der Waals surface area (Å²) in [6.07, 6.45) is 0. The zero-order chi connectivity index (χ0) is 18.6. The lowest BCUT2D eigenvalue weighted by Crippen LogP contribution is -2.48. The van der Waals surface area contributed by atoms with Crippen molar-refractivity contribution in [3.05, 3.63) is 71.3 Å². The number of hydrogen-bond acceptors (Lipinski definition) is 4. The van der Waals surface area contributed by atoms with Crippen molar-refractivity contribution < 1.29 is 18.3 Å². The molecule has 1 heterocycles. The molecule has 0 spiro atoms. The molecule has 26 heavy (non-hydrogen) atoms. The molecule has 2 aromatic rings. The van der Waals surface area contributed by atoms with Gasteiger partial charge in [0.25, 0.3) is 0 Å². The maximum Gasteiger partial charge on any atom is 0.336 e. The quantitative estimate of drug-likeness (QED) is 0.837. The van der Waals surface area contributed by atoms with E-state index in [-0.39, 0.29) is 5.75 Å². The molecule has 1 saturated heterocycles. The van der Waals surface area contributed by atoms with Gasteiger partial charge in [-0.3, -0.25) is 4.90 Å². The van der Waals surface area contributed by atoms with Crippen molar-refractivity contribution in [2.45, 2.75) is 12.3 Å². The van der Waals surface area contributed by atoms with Crippen molar-refractivity contribution in [2.75, 3.05) is 26.2 Å². The minimum Gasteiger partial charge on any atom is -0.478 e. The first-order valence-electron chi connectivity index (χ1n) is 8.51. The van der Waals surface area contributed by atoms with Gasteiger partial charge in [-0.05, 0) is 17.2 Å². The standard InChI is InChI=1S/C19H22N2O4S/c22-19(23)18-9-5-4-8-17(18)14-20-10-12-21(13-11-20)26(24,25)15-16-6-2-1-3-7-16/h1-9H,10-15H2,(H,22,23). The van der Waals surface area contributed by atoms with Crippen LogP contribution in [0.15, 0.2) is 54.6 Å². The number of carboxylic acids is 1. The number of piperazine rings is 1. The van der Waals surface area contributed by atoms with Gasteiger partial charge in [-0.2, -0.15) is 4.31 Å². The van der Waals surface area contributed by atoms with Crippen molar-refractivity contribution in [2.24, 2.45) is 0 Å². The molecule has 0 bridgehead atoms. The Bertz CT molecular complexity index is 860. The second kappa shape index (κ2) is 7.99. The van der Waals surface area contributed by atoms with Gasteiger partial charge in [-0.15, -0.1) is 0 Å². The molecule has 1 aliphatic rings. The third-order valence-electron chi connectivity index (χ3n) is 4.56. The molecule has 0 unspecified atom stereocenters. The predicted octanol–water partition coefficient (Wildman–Crippen LogP) is 2.03. The van der Waals surface area contributed by atoms with Crippen molar-refractivity contribution in [3.63, 3.8) is 0 Å². The van der Waals surface area contributed by atoms with Gasteiger partial charge in [0.05, 0.1) is 11.3 Å². The lowest BCUT2D eigenvalue weighted by Gasteiger charge is -2.34. The first-order chi connectivity index (χ1) is 12.5. The fraction of sp³-hybridized carbons (Fsp3) is 0.316. The Kier molecular flexibility index (Phi) is 5.70. The van der Waals surface area contributed by atoms with Crippen LogP contribution in [0.25, 0.3) is 0 Å². The van der Waals surface area contributed by atoms with Crippen LogP contribution in [0.2, 0.25) is 0 Å². The molecule has 1 aliphatic heterocycles. The number of hydrogen-bond donors (Lipinski definition) is 1. The normalized spacial score (nSPS) is 16.5. The molecule has 0 atom stereocenters. The fourth-order valence-electron chi connectivity index (χ4n) is 3.15. The number of aromatic carboxylic acids is 1. The smallest absolute Gasteiger partial charge is 0.336 e. The Hall–Kier alpha value is -2.22. The molecule has 0 radical (unpaired) electrons. The summed E-state index contributed by atoms with van der Waals surface area (Å²) in [5.41, 5.74) is 1.83. The molecule has 6 nitrogen and oxygen atoms in total. The van der Waals surface area contributed by atoms with Crippen molar-refractivity contribution in [3.8, 4) is 0 Å². The second-order valence-corrected chi connectivity index (χ2v) is 8.35. The number of carbonyl (C=O) groups is 1. The highest BCUT2D eigenvalue weighted by Crippen LogP contribution is 2.17. The highest BCUT2D eigenvalue weighted by atomic mass is 32.2. The third kappa shape index (κ3) is 4.49. The molecule has 0 aromatic heterocycles. The molecular weight excluding hydrogens is 352 g/mol. The van der Waals surface area contributed by atoms with Gasteiger partial charge in [0.1, 0.15) is 0 Å². The van der Waals surface area contributed by atoms with Crippen LogP contribution in [0.5, 0.6) is 0 Å². The van der Waals surface area contributed by atoms with Gasteiger partial charge in [0.2, 0.25) is 10.0 Å². The lowest BCUT2D eigenvalue weighted by atomic mass is 10.1. The van der Waals surface area contributed by atoms with Gasteiger partial charge < -0.3 is 5.11 Å². The molecule has 2 aromatic carbocycles. The predicted molar refractivity (Wildman–Crippen MR) is 99.3 cm³/mol. The number of nitrogens with zero attached hydrogens (tertiary/aromatic N) is 2. The van der Waals surface area contributed by atoms with E-state index in [1.165, 1.54) is 4.31 Å². The number of carboxylic acid groups (broad SMARTS) is 1. The van der Waals surface area contributed by atoms with E-state index < -0.39 is 16.0 Å². The Labute approximate surface area is 153 Å². The van der Waals surface area contributed by atoms with Crippen LogP contribution >= 0.6 is 0 Å². The van der Waals surface area contributed by atoms with Gasteiger partial charge in [0, 0.05) is 32.7 Å². The van der Waals surface area contributed by atoms with E-state index in [2.05, 4.69) is 4.90 Å². The van der Waals surface area contributed by atoms with Crippen LogP contribution in [-0.4, -0.2) is 54.9 Å². The minimum absolute atomic E-state index is 0.00961. The fourth-order valence-corrected chi connectivity index (χ4v) is 4.67. The number of rotatable bonds is 6. The van der Waals surface area contributed by atoms with Gasteiger partial charge in [0.15, 0.2) is 0 Å². The summed E-state index contributed by atoms with van der Waals surface area (Å²) in [4.78, 5) is 13.4. The van der Waals surface area contributed by atoms with E-state index in [0.29, 0.717) is 38.3 Å². The van der Waals surface area contributed by atoms with Crippen LogP contribution in [0.4, 0.5) is 0 Å². The maximum absolute atomic E-state index is 12.6. The monoisotopic (exact) mass is 374 g/mol. The van der Waals surface area contributed by atoms with Gasteiger partial charge >= 0.3 is 5.97 Å². The molecule has 1 fully saturated rings. The summed E-state index contributed by atoms with van der Waals surface area (Å²) < 4.78 is 26.7. The van der Waals surface area contributed by atoms with Crippen molar-refractivity contribution >= 4 is 16.0 Å². The molecule has 138 valence electrons. The second-order valence-electron chi connectivity index (χ2n) is 6.38. The lowest BCUT2D eigenvalue weighted by molar-refractivity contribution is 0.0694. The summed E-state index contributed by atoms with van der Waals surface area (Å²) in [6.45, 7) is 2.52. The molecule has 3 rings (SSSR count). The number of benzene rings is 2. The molecular formula is C19H22N2O4S. The first kappa shape index (κ1) is 18.6. The van der Waals surface area contributed by atoms with Gasteiger partial charge in [-0.1, -0.05) is 48.5 Å². The minimum atomic E-state index is -3.34. The van der Waals surface area contributed by atoms with Crippen LogP contribution in [-0.2, 0) is 22.3 Å². The zero-order valence-electron chi connectivity index (χ0n) is 14.4. The van der Waals surface area contributed by atoms with Crippen molar-refractivity contribution in [1.29, 1.82) is 0 Å². The molecule has 7 heteroatoms. The Morgan fingerprint density at radius 1 is 0.923 bits per heavy atom. The third-order valence-corrected chi connectivity index (χ3v) is 6.41. The van der Waals surface area contributed by atoms with Crippen LogP contribution in [0.1, 0.15) is 21.5 Å². The van der Waals surface area contributed by atoms with Gasteiger partial charge in [-0.25, -0.2) is 13.2 Å². The molecule has 0 amide bonds. The summed E-state index contributed by atoms with van der Waals surface area (Å²) in [7, 11) is -3.34. The van der Waals surface area contributed by atoms with E-state index in [0.717, 1.165) is 11.1 Å². The van der Waals surface area contributed by atoms with E-state index >= 15 is 0 Å². The summed E-state index contributed by atoms with van der Waals surface area (Å²) in [5.74, 6) is -0.931. The average molecular weight is 374 g/mol. The van der Waals surface area contributed by atoms with E-state index in [1.54, 1.807) is 12.1 Å². The largest absolute Gasteiger partial charge is 0.478 e. The van der Waals surface area contributed by atoms with E-state index in [9.17, 15) is 18.3 Å². The Morgan fingerprint density at radius 3 is 2.19 bits per heavy atom. The topological polar surface area (TPSA) is 77.9 Å². The zero-order valence-corrected chi connectivity index (χ0v) is 15.2. The Balaban J connectivity index is 1.60. The summed E-state index contributed by atoms with van der Waals surface area (Å²) in [6, 6.07) is 16.1. The average Bonchev–Trinajstić information content (AvgIpc) is 2.63. The highest BCUT2D eigenvalue weighted by Gasteiger charge is 2.27. The molecule has 0 aliphatic carbocycles. The highest BCUT2D eigenvalue weighted by molar-refractivity contribution is 7.88. The summed E-state index contributed by atoms with van der Waals surface area (Å²) >= 11 is 0. The van der Waals surface area contributed by atoms with Crippen LogP contribution in [0.3, 0.4) is 0 Å². The van der Waals surface area contributed by atoms with Crippen LogP contribution in [0, 0.1) is 0 Å². The van der Waals surface area contributed by atoms with E-state index in [4.69, 9.17) is 0 Å². The van der Waals surface area contributed by atoms with Crippen LogP contribution < -0.4 is 0 Å². The Morgan fingerprint density at radius 2 is 1.54 bits per heavy atom. The SMILES string of the molecule is O=C(O)c1ccccc1CN1CCN(S(=O)(=O)Cc2ccccc2)CC1. The molecule has 0 saturated carbocycles.